The van der Waals surface area contributed by atoms with Crippen LogP contribution in [0.15, 0.2) is 23.1 Å². The van der Waals surface area contributed by atoms with Gasteiger partial charge in [-0.05, 0) is 25.2 Å². The van der Waals surface area contributed by atoms with Crippen molar-refractivity contribution in [1.82, 2.24) is 9.21 Å². The van der Waals surface area contributed by atoms with Crippen LogP contribution in [0.3, 0.4) is 0 Å². The molecule has 1 aromatic rings. The lowest BCUT2D eigenvalue weighted by Gasteiger charge is -2.32. The third-order valence-corrected chi connectivity index (χ3v) is 5.70. The normalized spacial score (nSPS) is 20.3. The Kier molecular flexibility index (Phi) is 5.68. The van der Waals surface area contributed by atoms with Crippen LogP contribution in [0, 0.1) is 0 Å². The second-order valence-electron chi connectivity index (χ2n) is 5.34. The van der Waals surface area contributed by atoms with Gasteiger partial charge < -0.3 is 14.4 Å². The largest absolute Gasteiger partial charge is 0.495 e. The summed E-state index contributed by atoms with van der Waals surface area (Å²) in [7, 11) is 1.26. The number of ether oxygens (including phenoxy) is 2. The Morgan fingerprint density at radius 1 is 1.50 bits per heavy atom. The first kappa shape index (κ1) is 17.5. The van der Waals surface area contributed by atoms with E-state index in [4.69, 9.17) is 21.1 Å². The van der Waals surface area contributed by atoms with Crippen molar-refractivity contribution in [3.05, 3.63) is 23.2 Å². The van der Waals surface area contributed by atoms with E-state index in [9.17, 15) is 8.42 Å². The molecule has 0 amide bonds. The van der Waals surface area contributed by atoms with Crippen LogP contribution < -0.4 is 4.74 Å². The zero-order valence-corrected chi connectivity index (χ0v) is 14.5. The van der Waals surface area contributed by atoms with Gasteiger partial charge >= 0.3 is 0 Å². The molecule has 1 fully saturated rings. The maximum atomic E-state index is 12.7. The molecule has 124 valence electrons. The SMILES string of the molecule is COc1ccc(Cl)cc1S(=O)(=O)N(C)CC1CN(C)CCO1. The standard InChI is InChI=1S/C14H21ClN2O4S/c1-16-6-7-21-12(9-16)10-17(2)22(18,19)14-8-11(15)4-5-13(14)20-3/h4-5,8,12H,6-7,9-10H2,1-3H3. The molecule has 0 saturated carbocycles. The lowest BCUT2D eigenvalue weighted by Crippen LogP contribution is -2.46. The van der Waals surface area contributed by atoms with E-state index >= 15 is 0 Å². The van der Waals surface area contributed by atoms with E-state index < -0.39 is 10.0 Å². The van der Waals surface area contributed by atoms with Gasteiger partial charge in [-0.2, -0.15) is 4.31 Å². The fraction of sp³-hybridized carbons (Fsp3) is 0.571. The summed E-state index contributed by atoms with van der Waals surface area (Å²) in [5.74, 6) is 0.276. The molecule has 8 heteroatoms. The number of likely N-dealkylation sites (N-methyl/N-ethyl adjacent to an activating group) is 2. The van der Waals surface area contributed by atoms with Gasteiger partial charge in [-0.25, -0.2) is 8.42 Å². The molecule has 22 heavy (non-hydrogen) atoms. The number of rotatable bonds is 5. The van der Waals surface area contributed by atoms with Crippen LogP contribution in [-0.2, 0) is 14.8 Å². The maximum absolute atomic E-state index is 12.7. The van der Waals surface area contributed by atoms with E-state index in [1.54, 1.807) is 12.1 Å². The Balaban J connectivity index is 2.20. The van der Waals surface area contributed by atoms with Crippen LogP contribution in [0.1, 0.15) is 0 Å². The minimum Gasteiger partial charge on any atom is -0.495 e. The quantitative estimate of drug-likeness (QED) is 0.802. The van der Waals surface area contributed by atoms with Crippen molar-refractivity contribution in [3.8, 4) is 5.75 Å². The van der Waals surface area contributed by atoms with Crippen molar-refractivity contribution in [2.24, 2.45) is 0 Å². The van der Waals surface area contributed by atoms with Crippen molar-refractivity contribution in [3.63, 3.8) is 0 Å². The summed E-state index contributed by atoms with van der Waals surface area (Å²) in [6, 6.07) is 4.55. The molecule has 2 rings (SSSR count). The first-order chi connectivity index (χ1) is 10.3. The van der Waals surface area contributed by atoms with E-state index in [0.717, 1.165) is 6.54 Å². The van der Waals surface area contributed by atoms with E-state index in [0.29, 0.717) is 18.2 Å². The Morgan fingerprint density at radius 3 is 2.86 bits per heavy atom. The number of hydrogen-bond acceptors (Lipinski definition) is 5. The molecule has 0 bridgehead atoms. The van der Waals surface area contributed by atoms with Gasteiger partial charge in [-0.3, -0.25) is 0 Å². The third-order valence-electron chi connectivity index (χ3n) is 3.62. The molecule has 0 N–H and O–H groups in total. The average Bonchev–Trinajstić information content (AvgIpc) is 2.47. The number of benzene rings is 1. The van der Waals surface area contributed by atoms with Crippen molar-refractivity contribution < 1.29 is 17.9 Å². The lowest BCUT2D eigenvalue weighted by molar-refractivity contribution is -0.0247. The molecule has 1 saturated heterocycles. The zero-order chi connectivity index (χ0) is 16.3. The van der Waals surface area contributed by atoms with Crippen LogP contribution in [0.4, 0.5) is 0 Å². The Hall–Kier alpha value is -0.860. The van der Waals surface area contributed by atoms with Gasteiger partial charge in [0.2, 0.25) is 10.0 Å². The van der Waals surface area contributed by atoms with Gasteiger partial charge in [-0.15, -0.1) is 0 Å². The topological polar surface area (TPSA) is 59.1 Å². The van der Waals surface area contributed by atoms with Gasteiger partial charge in [0.05, 0.1) is 19.8 Å². The molecule has 0 aliphatic carbocycles. The van der Waals surface area contributed by atoms with Crippen LogP contribution in [-0.4, -0.2) is 71.2 Å². The van der Waals surface area contributed by atoms with Gasteiger partial charge in [0.15, 0.2) is 0 Å². The fourth-order valence-electron chi connectivity index (χ4n) is 2.38. The molecule has 1 aromatic carbocycles. The maximum Gasteiger partial charge on any atom is 0.246 e. The van der Waals surface area contributed by atoms with E-state index in [-0.39, 0.29) is 23.3 Å². The second kappa shape index (κ2) is 7.14. The van der Waals surface area contributed by atoms with Gasteiger partial charge in [-0.1, -0.05) is 11.6 Å². The Morgan fingerprint density at radius 2 is 2.23 bits per heavy atom. The Labute approximate surface area is 136 Å². The molecular formula is C14H21ClN2O4S. The smallest absolute Gasteiger partial charge is 0.246 e. The summed E-state index contributed by atoms with van der Waals surface area (Å²) in [4.78, 5) is 2.18. The van der Waals surface area contributed by atoms with E-state index in [1.807, 2.05) is 7.05 Å². The molecular weight excluding hydrogens is 328 g/mol. The highest BCUT2D eigenvalue weighted by molar-refractivity contribution is 7.89. The molecule has 1 aliphatic rings. The highest BCUT2D eigenvalue weighted by Gasteiger charge is 2.29. The second-order valence-corrected chi connectivity index (χ2v) is 7.79. The predicted molar refractivity (Wildman–Crippen MR) is 85.1 cm³/mol. The van der Waals surface area contributed by atoms with Gasteiger partial charge in [0, 0.05) is 31.7 Å². The average molecular weight is 349 g/mol. The highest BCUT2D eigenvalue weighted by atomic mass is 35.5. The van der Waals surface area contributed by atoms with Crippen LogP contribution >= 0.6 is 11.6 Å². The number of nitrogens with zero attached hydrogens (tertiary/aromatic N) is 2. The van der Waals surface area contributed by atoms with Crippen LogP contribution in [0.25, 0.3) is 0 Å². The van der Waals surface area contributed by atoms with Crippen molar-refractivity contribution in [1.29, 1.82) is 0 Å². The van der Waals surface area contributed by atoms with Crippen LogP contribution in [0.5, 0.6) is 5.75 Å². The number of sulfonamides is 1. The number of hydrogen-bond donors (Lipinski definition) is 0. The monoisotopic (exact) mass is 348 g/mol. The van der Waals surface area contributed by atoms with Crippen molar-refractivity contribution in [2.45, 2.75) is 11.0 Å². The summed E-state index contributed by atoms with van der Waals surface area (Å²) in [6.45, 7) is 2.44. The third kappa shape index (κ3) is 3.91. The summed E-state index contributed by atoms with van der Waals surface area (Å²) in [6.07, 6.45) is -0.149. The highest BCUT2D eigenvalue weighted by Crippen LogP contribution is 2.29. The number of morpholine rings is 1. The fourth-order valence-corrected chi connectivity index (χ4v) is 4.00. The molecule has 0 radical (unpaired) electrons. The molecule has 0 aromatic heterocycles. The Bertz CT molecular complexity index is 623. The summed E-state index contributed by atoms with van der Waals surface area (Å²) < 4.78 is 37.5. The predicted octanol–water partition coefficient (Wildman–Crippen LogP) is 1.30. The van der Waals surface area contributed by atoms with E-state index in [2.05, 4.69) is 4.90 Å². The van der Waals surface area contributed by atoms with Gasteiger partial charge in [0.1, 0.15) is 10.6 Å². The minimum atomic E-state index is -3.70. The summed E-state index contributed by atoms with van der Waals surface area (Å²) in [5.41, 5.74) is 0. The first-order valence-electron chi connectivity index (χ1n) is 6.94. The lowest BCUT2D eigenvalue weighted by atomic mass is 10.3. The van der Waals surface area contributed by atoms with Gasteiger partial charge in [0.25, 0.3) is 0 Å². The number of halogens is 1. The summed E-state index contributed by atoms with van der Waals surface area (Å²) in [5, 5.41) is 0.349. The molecule has 1 aliphatic heterocycles. The zero-order valence-electron chi connectivity index (χ0n) is 13.0. The molecule has 6 nitrogen and oxygen atoms in total. The van der Waals surface area contributed by atoms with Crippen LogP contribution in [0.2, 0.25) is 5.02 Å². The van der Waals surface area contributed by atoms with E-state index in [1.165, 1.54) is 24.5 Å². The number of methoxy groups -OCH3 is 1. The first-order valence-corrected chi connectivity index (χ1v) is 8.76. The minimum absolute atomic E-state index is 0.0640. The molecule has 1 atom stereocenters. The molecule has 1 heterocycles. The van der Waals surface area contributed by atoms with Crippen molar-refractivity contribution in [2.75, 3.05) is 47.4 Å². The molecule has 1 unspecified atom stereocenters. The molecule has 0 spiro atoms. The van der Waals surface area contributed by atoms with Crippen molar-refractivity contribution >= 4 is 21.6 Å². The summed E-state index contributed by atoms with van der Waals surface area (Å²) >= 11 is 5.93.